The molecular weight excluding hydrogens is 280 g/mol. The molecule has 2 rings (SSSR count). The van der Waals surface area contributed by atoms with Crippen LogP contribution in [0.5, 0.6) is 11.5 Å². The summed E-state index contributed by atoms with van der Waals surface area (Å²) in [5.41, 5.74) is 6.07. The van der Waals surface area contributed by atoms with E-state index in [4.69, 9.17) is 27.5 Å². The molecule has 3 N–H and O–H groups in total. The summed E-state index contributed by atoms with van der Waals surface area (Å²) in [6, 6.07) is 12.7. The lowest BCUT2D eigenvalue weighted by molar-refractivity contribution is 0.470. The quantitative estimate of drug-likeness (QED) is 0.506. The van der Waals surface area contributed by atoms with Crippen molar-refractivity contribution < 1.29 is 4.74 Å². The van der Waals surface area contributed by atoms with Crippen molar-refractivity contribution in [1.29, 1.82) is 5.41 Å². The van der Waals surface area contributed by atoms with Crippen molar-refractivity contribution in [2.24, 2.45) is 5.73 Å². The summed E-state index contributed by atoms with van der Waals surface area (Å²) in [6.45, 7) is 0. The van der Waals surface area contributed by atoms with Gasteiger partial charge in [-0.2, -0.15) is 0 Å². The third kappa shape index (κ3) is 3.22. The molecule has 0 atom stereocenters. The third-order valence-electron chi connectivity index (χ3n) is 2.52. The number of hydrogen-bond acceptors (Lipinski definition) is 3. The highest BCUT2D eigenvalue weighted by Crippen LogP contribution is 2.33. The van der Waals surface area contributed by atoms with E-state index in [1.807, 2.05) is 30.5 Å². The van der Waals surface area contributed by atoms with Gasteiger partial charge in [0.25, 0.3) is 0 Å². The van der Waals surface area contributed by atoms with Gasteiger partial charge in [-0.25, -0.2) is 0 Å². The number of hydrogen-bond donors (Lipinski definition) is 2. The molecule has 0 aromatic heterocycles. The van der Waals surface area contributed by atoms with Crippen LogP contribution in [0.2, 0.25) is 5.02 Å². The minimum atomic E-state index is -0.0479. The molecule has 0 saturated carbocycles. The Hall–Kier alpha value is -1.65. The van der Waals surface area contributed by atoms with Gasteiger partial charge in [0.1, 0.15) is 17.3 Å². The van der Waals surface area contributed by atoms with Crippen molar-refractivity contribution in [2.75, 3.05) is 6.26 Å². The van der Waals surface area contributed by atoms with Crippen LogP contribution in [0, 0.1) is 5.41 Å². The maximum atomic E-state index is 7.56. The fourth-order valence-corrected chi connectivity index (χ4v) is 2.31. The highest BCUT2D eigenvalue weighted by molar-refractivity contribution is 7.98. The summed E-state index contributed by atoms with van der Waals surface area (Å²) >= 11 is 7.56. The van der Waals surface area contributed by atoms with E-state index >= 15 is 0 Å². The first-order valence-electron chi connectivity index (χ1n) is 5.56. The van der Waals surface area contributed by atoms with Crippen LogP contribution in [0.1, 0.15) is 5.56 Å². The summed E-state index contributed by atoms with van der Waals surface area (Å²) in [4.78, 5) is 1.01. The predicted molar refractivity (Wildman–Crippen MR) is 80.8 cm³/mol. The maximum absolute atomic E-state index is 7.56. The number of para-hydroxylation sites is 1. The van der Waals surface area contributed by atoms with Gasteiger partial charge in [0.05, 0.1) is 5.56 Å². The number of nitrogen functional groups attached to an aromatic ring is 1. The Morgan fingerprint density at radius 2 is 1.95 bits per heavy atom. The lowest BCUT2D eigenvalue weighted by Gasteiger charge is -2.13. The summed E-state index contributed by atoms with van der Waals surface area (Å²) < 4.78 is 5.85. The molecule has 0 aliphatic heterocycles. The molecule has 0 aliphatic carbocycles. The Labute approximate surface area is 121 Å². The average molecular weight is 293 g/mol. The van der Waals surface area contributed by atoms with E-state index in [-0.39, 0.29) is 5.84 Å². The van der Waals surface area contributed by atoms with Crippen LogP contribution in [0.25, 0.3) is 0 Å². The highest BCUT2D eigenvalue weighted by Gasteiger charge is 2.10. The molecule has 0 unspecified atom stereocenters. The zero-order valence-corrected chi connectivity index (χ0v) is 11.9. The van der Waals surface area contributed by atoms with E-state index in [1.165, 1.54) is 0 Å². The second kappa shape index (κ2) is 5.99. The Morgan fingerprint density at radius 1 is 1.21 bits per heavy atom. The van der Waals surface area contributed by atoms with Crippen molar-refractivity contribution in [3.63, 3.8) is 0 Å². The number of rotatable bonds is 4. The fourth-order valence-electron chi connectivity index (χ4n) is 1.62. The van der Waals surface area contributed by atoms with Crippen LogP contribution in [-0.4, -0.2) is 12.1 Å². The Kier molecular flexibility index (Phi) is 4.35. The Balaban J connectivity index is 2.42. The van der Waals surface area contributed by atoms with E-state index in [9.17, 15) is 0 Å². The predicted octanol–water partition coefficient (Wildman–Crippen LogP) is 4.14. The molecule has 3 nitrogen and oxygen atoms in total. The van der Waals surface area contributed by atoms with E-state index in [0.29, 0.717) is 16.3 Å². The monoisotopic (exact) mass is 292 g/mol. The first-order valence-corrected chi connectivity index (χ1v) is 7.17. The average Bonchev–Trinajstić information content (AvgIpc) is 2.39. The molecule has 5 heteroatoms. The number of benzene rings is 2. The molecule has 0 radical (unpaired) electrons. The second-order valence-electron chi connectivity index (χ2n) is 3.81. The molecule has 0 heterocycles. The number of nitrogens with two attached hydrogens (primary N) is 1. The molecule has 0 amide bonds. The van der Waals surface area contributed by atoms with E-state index in [0.717, 1.165) is 10.6 Å². The molecular formula is C14H13ClN2OS. The molecule has 0 saturated heterocycles. The molecule has 98 valence electrons. The van der Waals surface area contributed by atoms with Gasteiger partial charge in [0.2, 0.25) is 0 Å². The van der Waals surface area contributed by atoms with E-state index in [2.05, 4.69) is 0 Å². The molecule has 0 fully saturated rings. The summed E-state index contributed by atoms with van der Waals surface area (Å²) in [7, 11) is 0. The van der Waals surface area contributed by atoms with Crippen LogP contribution in [-0.2, 0) is 0 Å². The zero-order chi connectivity index (χ0) is 13.8. The lowest BCUT2D eigenvalue weighted by atomic mass is 10.2. The maximum Gasteiger partial charge on any atom is 0.141 e. The SMILES string of the molecule is CSc1ccccc1Oc1cc(Cl)ccc1C(=N)N. The van der Waals surface area contributed by atoms with Gasteiger partial charge in [-0.3, -0.25) is 5.41 Å². The smallest absolute Gasteiger partial charge is 0.141 e. The van der Waals surface area contributed by atoms with Gasteiger partial charge in [0.15, 0.2) is 0 Å². The van der Waals surface area contributed by atoms with Crippen molar-refractivity contribution >= 4 is 29.2 Å². The van der Waals surface area contributed by atoms with Crippen molar-refractivity contribution in [2.45, 2.75) is 4.90 Å². The Bertz CT molecular complexity index is 616. The molecule has 2 aromatic carbocycles. The van der Waals surface area contributed by atoms with Crippen LogP contribution in [0.4, 0.5) is 0 Å². The number of amidine groups is 1. The van der Waals surface area contributed by atoms with Gasteiger partial charge < -0.3 is 10.5 Å². The minimum absolute atomic E-state index is 0.0479. The molecule has 0 bridgehead atoms. The van der Waals surface area contributed by atoms with Gasteiger partial charge >= 0.3 is 0 Å². The van der Waals surface area contributed by atoms with Crippen molar-refractivity contribution in [3.05, 3.63) is 53.1 Å². The second-order valence-corrected chi connectivity index (χ2v) is 5.09. The van der Waals surface area contributed by atoms with E-state index < -0.39 is 0 Å². The van der Waals surface area contributed by atoms with Crippen LogP contribution in [0.3, 0.4) is 0 Å². The normalized spacial score (nSPS) is 10.2. The number of halogens is 1. The van der Waals surface area contributed by atoms with Crippen molar-refractivity contribution in [1.82, 2.24) is 0 Å². The standard InChI is InChI=1S/C14H13ClN2OS/c1-19-13-5-3-2-4-11(13)18-12-8-9(15)6-7-10(12)14(16)17/h2-8H,1H3,(H3,16,17). The van der Waals surface area contributed by atoms with E-state index in [1.54, 1.807) is 30.0 Å². The number of nitrogens with one attached hydrogen (secondary N) is 1. The van der Waals surface area contributed by atoms with Crippen molar-refractivity contribution in [3.8, 4) is 11.5 Å². The Morgan fingerprint density at radius 3 is 2.63 bits per heavy atom. The first kappa shape index (κ1) is 13.8. The molecule has 0 aliphatic rings. The fraction of sp³-hybridized carbons (Fsp3) is 0.0714. The molecule has 0 spiro atoms. The van der Waals surface area contributed by atoms with Gasteiger partial charge in [-0.05, 0) is 30.5 Å². The molecule has 19 heavy (non-hydrogen) atoms. The van der Waals surface area contributed by atoms with Gasteiger partial charge in [-0.1, -0.05) is 23.7 Å². The van der Waals surface area contributed by atoms with Crippen LogP contribution >= 0.6 is 23.4 Å². The van der Waals surface area contributed by atoms with Gasteiger partial charge in [-0.15, -0.1) is 11.8 Å². The largest absolute Gasteiger partial charge is 0.455 e. The van der Waals surface area contributed by atoms with Crippen LogP contribution in [0.15, 0.2) is 47.4 Å². The highest BCUT2D eigenvalue weighted by atomic mass is 35.5. The van der Waals surface area contributed by atoms with Gasteiger partial charge in [0, 0.05) is 16.0 Å². The van der Waals surface area contributed by atoms with Crippen LogP contribution < -0.4 is 10.5 Å². The third-order valence-corrected chi connectivity index (χ3v) is 3.54. The summed E-state index contributed by atoms with van der Waals surface area (Å²) in [5.74, 6) is 1.16. The lowest BCUT2D eigenvalue weighted by Crippen LogP contribution is -2.12. The number of ether oxygens (including phenoxy) is 1. The zero-order valence-electron chi connectivity index (χ0n) is 10.3. The topological polar surface area (TPSA) is 59.1 Å². The summed E-state index contributed by atoms with van der Waals surface area (Å²) in [5, 5.41) is 8.10. The molecule has 2 aromatic rings. The first-order chi connectivity index (χ1) is 9.11. The summed E-state index contributed by atoms with van der Waals surface area (Å²) in [6.07, 6.45) is 1.98. The minimum Gasteiger partial charge on any atom is -0.455 e. The number of thioether (sulfide) groups is 1.